The van der Waals surface area contributed by atoms with Gasteiger partial charge < -0.3 is 30.3 Å². The zero-order valence-electron chi connectivity index (χ0n) is 25.2. The summed E-state index contributed by atoms with van der Waals surface area (Å²) in [7, 11) is 2.15. The number of hydrogen-bond acceptors (Lipinski definition) is 8. The number of fused-ring (bicyclic) bond motifs is 2. The molecule has 0 fully saturated rings. The zero-order valence-corrected chi connectivity index (χ0v) is 25.2. The first kappa shape index (κ1) is 34.2. The van der Waals surface area contributed by atoms with Crippen molar-refractivity contribution >= 4 is 46.3 Å². The standard InChI is InChI=1S/C20H25N3O.C10H16N2O8/c1-4-23(5-2)20(24)14-9-16-15-7-6-8-17-19(15)13(11-21-17)10-18(16)22(3)12-14;13-7(14)3-11(4-8(15)16)1-2-12(5-9(17)18)6-10(19)20/h6-9,11,14,18,21H,4-5,10,12H2,1-3H3;1-6H2,(H,13,14)(H,15,16)(H,17,18)(H,19,20)/t14-,18-;/m1./s1. The van der Waals surface area contributed by atoms with Crippen LogP contribution in [0.1, 0.15) is 25.0 Å². The van der Waals surface area contributed by atoms with Crippen LogP contribution in [-0.2, 0) is 30.4 Å². The number of aromatic amines is 1. The van der Waals surface area contributed by atoms with E-state index in [9.17, 15) is 24.0 Å². The number of aromatic nitrogens is 1. The van der Waals surface area contributed by atoms with Crippen molar-refractivity contribution < 1.29 is 44.4 Å². The summed E-state index contributed by atoms with van der Waals surface area (Å²) in [5.41, 5.74) is 5.21. The second-order valence-corrected chi connectivity index (χ2v) is 10.9. The fraction of sp³-hybridized carbons (Fsp3) is 0.500. The third-order valence-electron chi connectivity index (χ3n) is 7.83. The fourth-order valence-corrected chi connectivity index (χ4v) is 5.85. The molecular weight excluding hydrogens is 574 g/mol. The number of likely N-dealkylation sites (N-methyl/N-ethyl adjacent to an activating group) is 1. The maximum atomic E-state index is 12.9. The van der Waals surface area contributed by atoms with E-state index >= 15 is 0 Å². The van der Waals surface area contributed by atoms with Crippen molar-refractivity contribution in [1.82, 2.24) is 24.6 Å². The Morgan fingerprint density at radius 2 is 1.39 bits per heavy atom. The number of carboxylic acid groups (broad SMARTS) is 4. The first-order chi connectivity index (χ1) is 20.8. The molecule has 14 nitrogen and oxygen atoms in total. The molecule has 0 radical (unpaired) electrons. The minimum Gasteiger partial charge on any atom is -0.480 e. The molecule has 2 atom stereocenters. The van der Waals surface area contributed by atoms with E-state index in [1.807, 2.05) is 4.90 Å². The van der Waals surface area contributed by atoms with Crippen LogP contribution in [0.25, 0.3) is 16.5 Å². The molecule has 1 aromatic heterocycles. The van der Waals surface area contributed by atoms with Crippen LogP contribution in [0.2, 0.25) is 0 Å². The van der Waals surface area contributed by atoms with E-state index in [1.165, 1.54) is 27.6 Å². The number of nitrogens with zero attached hydrogens (tertiary/aromatic N) is 4. The number of aliphatic carboxylic acids is 4. The smallest absolute Gasteiger partial charge is 0.317 e. The number of amides is 1. The Bertz CT molecular complexity index is 1330. The van der Waals surface area contributed by atoms with Crippen molar-refractivity contribution in [2.24, 2.45) is 5.92 Å². The summed E-state index contributed by atoms with van der Waals surface area (Å²) in [4.78, 5) is 64.9. The highest BCUT2D eigenvalue weighted by Gasteiger charge is 2.36. The molecule has 2 aliphatic rings. The van der Waals surface area contributed by atoms with Gasteiger partial charge in [-0.25, -0.2) is 0 Å². The van der Waals surface area contributed by atoms with E-state index in [4.69, 9.17) is 20.4 Å². The van der Waals surface area contributed by atoms with Gasteiger partial charge in [0.25, 0.3) is 0 Å². The van der Waals surface area contributed by atoms with Gasteiger partial charge in [-0.15, -0.1) is 0 Å². The Kier molecular flexibility index (Phi) is 12.0. The molecule has 1 aliphatic heterocycles. The maximum absolute atomic E-state index is 12.9. The molecule has 44 heavy (non-hydrogen) atoms. The van der Waals surface area contributed by atoms with Crippen molar-refractivity contribution in [1.29, 1.82) is 0 Å². The predicted octanol–water partition coefficient (Wildman–Crippen LogP) is 0.835. The van der Waals surface area contributed by atoms with Crippen molar-refractivity contribution in [2.45, 2.75) is 26.3 Å². The average Bonchev–Trinajstić information content (AvgIpc) is 3.36. The summed E-state index contributed by atoms with van der Waals surface area (Å²) >= 11 is 0. The van der Waals surface area contributed by atoms with E-state index < -0.39 is 50.1 Å². The van der Waals surface area contributed by atoms with Gasteiger partial charge in [0.15, 0.2) is 0 Å². The molecule has 0 spiro atoms. The topological polar surface area (TPSA) is 195 Å². The van der Waals surface area contributed by atoms with Crippen LogP contribution in [0.3, 0.4) is 0 Å². The van der Waals surface area contributed by atoms with Gasteiger partial charge in [-0.1, -0.05) is 18.2 Å². The van der Waals surface area contributed by atoms with Gasteiger partial charge in [0.2, 0.25) is 5.91 Å². The van der Waals surface area contributed by atoms with Gasteiger partial charge in [0.05, 0.1) is 32.1 Å². The molecule has 0 bridgehead atoms. The Balaban J connectivity index is 0.000000246. The van der Waals surface area contributed by atoms with Crippen molar-refractivity contribution in [3.05, 3.63) is 41.6 Å². The minimum atomic E-state index is -1.23. The Morgan fingerprint density at radius 1 is 0.864 bits per heavy atom. The summed E-state index contributed by atoms with van der Waals surface area (Å²) < 4.78 is 0. The third-order valence-corrected chi connectivity index (χ3v) is 7.83. The lowest BCUT2D eigenvalue weighted by atomic mass is 9.79. The van der Waals surface area contributed by atoms with E-state index in [-0.39, 0.29) is 24.9 Å². The van der Waals surface area contributed by atoms with E-state index in [0.717, 1.165) is 35.9 Å². The molecule has 1 aliphatic carbocycles. The molecule has 1 amide bonds. The van der Waals surface area contributed by atoms with Crippen LogP contribution >= 0.6 is 0 Å². The second-order valence-electron chi connectivity index (χ2n) is 10.9. The predicted molar refractivity (Wildman–Crippen MR) is 161 cm³/mol. The van der Waals surface area contributed by atoms with Gasteiger partial charge >= 0.3 is 23.9 Å². The minimum absolute atomic E-state index is 0.0445. The van der Waals surface area contributed by atoms with Crippen molar-refractivity contribution in [2.75, 3.05) is 66.0 Å². The average molecular weight is 616 g/mol. The molecule has 1 aromatic carbocycles. The first-order valence-corrected chi connectivity index (χ1v) is 14.5. The van der Waals surface area contributed by atoms with Gasteiger partial charge in [0, 0.05) is 55.9 Å². The molecule has 0 saturated carbocycles. The van der Waals surface area contributed by atoms with Crippen LogP contribution in [-0.4, -0.2) is 147 Å². The summed E-state index contributed by atoms with van der Waals surface area (Å²) in [5, 5.41) is 35.8. The Labute approximate surface area is 255 Å². The van der Waals surface area contributed by atoms with Crippen molar-refractivity contribution in [3.8, 4) is 0 Å². The van der Waals surface area contributed by atoms with E-state index in [0.29, 0.717) is 6.04 Å². The largest absolute Gasteiger partial charge is 0.480 e. The Morgan fingerprint density at radius 3 is 1.86 bits per heavy atom. The molecule has 4 rings (SSSR count). The number of carboxylic acids is 4. The summed E-state index contributed by atoms with van der Waals surface area (Å²) in [5.74, 6) is -4.70. The summed E-state index contributed by atoms with van der Waals surface area (Å²) in [6, 6.07) is 6.82. The molecule has 0 unspecified atom stereocenters. The monoisotopic (exact) mass is 615 g/mol. The lowest BCUT2D eigenvalue weighted by Gasteiger charge is -2.40. The fourth-order valence-electron chi connectivity index (χ4n) is 5.85. The van der Waals surface area contributed by atoms with E-state index in [1.54, 1.807) is 0 Å². The number of carbonyl (C=O) groups is 5. The highest BCUT2D eigenvalue weighted by molar-refractivity contribution is 5.99. The SMILES string of the molecule is CCN(CC)C(=O)[C@@H]1C=C2c3cccc4[nH]cc(c34)C[C@H]2N(C)C1.O=C(O)CN(CCN(CC(=O)O)CC(=O)O)CC(=O)O. The quantitative estimate of drug-likeness (QED) is 0.201. The van der Waals surface area contributed by atoms with Crippen LogP contribution in [0.15, 0.2) is 30.5 Å². The van der Waals surface area contributed by atoms with Gasteiger partial charge in [-0.05, 0) is 50.1 Å². The lowest BCUT2D eigenvalue weighted by Crippen LogP contribution is -2.47. The summed E-state index contributed by atoms with van der Waals surface area (Å²) in [6.07, 6.45) is 5.41. The molecule has 2 aromatic rings. The number of rotatable bonds is 14. The van der Waals surface area contributed by atoms with Gasteiger partial charge in [-0.3, -0.25) is 38.7 Å². The lowest BCUT2D eigenvalue weighted by molar-refractivity contribution is -0.145. The normalized spacial score (nSPS) is 17.4. The first-order valence-electron chi connectivity index (χ1n) is 14.5. The second kappa shape index (κ2) is 15.5. The molecule has 2 heterocycles. The molecule has 240 valence electrons. The highest BCUT2D eigenvalue weighted by Crippen LogP contribution is 2.40. The van der Waals surface area contributed by atoms with Crippen LogP contribution in [0.4, 0.5) is 0 Å². The molecule has 5 N–H and O–H groups in total. The molecule has 0 saturated heterocycles. The van der Waals surface area contributed by atoms with Gasteiger partial charge in [-0.2, -0.15) is 0 Å². The molecule has 14 heteroatoms. The van der Waals surface area contributed by atoms with Crippen LogP contribution < -0.4 is 0 Å². The van der Waals surface area contributed by atoms with Crippen LogP contribution in [0.5, 0.6) is 0 Å². The third kappa shape index (κ3) is 8.88. The van der Waals surface area contributed by atoms with E-state index in [2.05, 4.69) is 61.3 Å². The Hall–Kier alpha value is -4.27. The highest BCUT2D eigenvalue weighted by atomic mass is 16.4. The number of benzene rings is 1. The number of carbonyl (C=O) groups excluding carboxylic acids is 1. The number of nitrogens with one attached hydrogen (secondary N) is 1. The molecular formula is C30H41N5O9. The summed E-state index contributed by atoms with van der Waals surface area (Å²) in [6.45, 7) is 4.21. The van der Waals surface area contributed by atoms with Gasteiger partial charge in [0.1, 0.15) is 0 Å². The maximum Gasteiger partial charge on any atom is 0.317 e. The van der Waals surface area contributed by atoms with Crippen LogP contribution in [0, 0.1) is 5.92 Å². The zero-order chi connectivity index (χ0) is 32.6. The number of H-pyrrole nitrogens is 1. The van der Waals surface area contributed by atoms with Crippen molar-refractivity contribution in [3.63, 3.8) is 0 Å². The number of hydrogen-bond donors (Lipinski definition) is 5.